The fraction of sp³-hybridized carbons (Fsp3) is 0.571. The molecule has 26 heavy (non-hydrogen) atoms. The number of ether oxygens (including phenoxy) is 1. The maximum absolute atomic E-state index is 6.35. The zero-order valence-corrected chi connectivity index (χ0v) is 16.8. The lowest BCUT2D eigenvalue weighted by atomic mass is 9.77. The first-order valence-electron chi connectivity index (χ1n) is 9.47. The molecule has 1 aliphatic carbocycles. The molecule has 0 amide bonds. The SMILES string of the molecule is CO[C@@H]1C[C@H]2CN(c3ccnc4c(C)cc(Cl)cc34)C[C@H]2C[C@H]1N(C)C. The van der Waals surface area contributed by atoms with Crippen LogP contribution in [0.2, 0.25) is 5.02 Å². The van der Waals surface area contributed by atoms with Crippen molar-refractivity contribution in [2.24, 2.45) is 11.8 Å². The average Bonchev–Trinajstić information content (AvgIpc) is 3.02. The molecule has 2 aliphatic rings. The summed E-state index contributed by atoms with van der Waals surface area (Å²) in [5, 5.41) is 1.96. The van der Waals surface area contributed by atoms with Gasteiger partial charge in [0.2, 0.25) is 0 Å². The number of anilines is 1. The van der Waals surface area contributed by atoms with Crippen LogP contribution in [0.5, 0.6) is 0 Å². The van der Waals surface area contributed by atoms with Crippen LogP contribution in [0.25, 0.3) is 10.9 Å². The molecule has 140 valence electrons. The highest BCUT2D eigenvalue weighted by Crippen LogP contribution is 2.42. The Morgan fingerprint density at radius 1 is 1.19 bits per heavy atom. The summed E-state index contributed by atoms with van der Waals surface area (Å²) in [5.41, 5.74) is 3.46. The maximum atomic E-state index is 6.35. The molecule has 0 radical (unpaired) electrons. The lowest BCUT2D eigenvalue weighted by Gasteiger charge is -2.40. The Balaban J connectivity index is 1.65. The summed E-state index contributed by atoms with van der Waals surface area (Å²) in [6.45, 7) is 4.28. The van der Waals surface area contributed by atoms with Gasteiger partial charge in [0, 0.05) is 48.5 Å². The minimum atomic E-state index is 0.331. The van der Waals surface area contributed by atoms with E-state index in [1.807, 2.05) is 19.4 Å². The molecule has 2 fully saturated rings. The monoisotopic (exact) mass is 373 g/mol. The molecule has 5 heteroatoms. The molecular weight excluding hydrogens is 346 g/mol. The number of rotatable bonds is 3. The third-order valence-corrected chi connectivity index (χ3v) is 6.59. The zero-order valence-electron chi connectivity index (χ0n) is 16.1. The largest absolute Gasteiger partial charge is 0.380 e. The first-order chi connectivity index (χ1) is 12.5. The van der Waals surface area contributed by atoms with E-state index in [9.17, 15) is 0 Å². The van der Waals surface area contributed by atoms with Crippen LogP contribution < -0.4 is 4.90 Å². The van der Waals surface area contributed by atoms with Gasteiger partial charge in [-0.2, -0.15) is 0 Å². The number of fused-ring (bicyclic) bond motifs is 2. The van der Waals surface area contributed by atoms with Crippen LogP contribution in [0.15, 0.2) is 24.4 Å². The van der Waals surface area contributed by atoms with E-state index < -0.39 is 0 Å². The van der Waals surface area contributed by atoms with Gasteiger partial charge in [-0.15, -0.1) is 0 Å². The number of aromatic nitrogens is 1. The minimum Gasteiger partial charge on any atom is -0.380 e. The summed E-state index contributed by atoms with van der Waals surface area (Å²) in [6, 6.07) is 6.71. The highest BCUT2D eigenvalue weighted by atomic mass is 35.5. The molecule has 0 unspecified atom stereocenters. The van der Waals surface area contributed by atoms with E-state index in [0.29, 0.717) is 18.1 Å². The normalized spacial score (nSPS) is 28.8. The van der Waals surface area contributed by atoms with Gasteiger partial charge in [0.25, 0.3) is 0 Å². The second-order valence-corrected chi connectivity index (χ2v) is 8.59. The lowest BCUT2D eigenvalue weighted by molar-refractivity contribution is -0.0209. The molecule has 1 saturated heterocycles. The molecule has 1 aromatic carbocycles. The van der Waals surface area contributed by atoms with Crippen molar-refractivity contribution in [2.45, 2.75) is 31.9 Å². The number of likely N-dealkylation sites (N-methyl/N-ethyl adjacent to an activating group) is 1. The Labute approximate surface area is 161 Å². The van der Waals surface area contributed by atoms with Crippen molar-refractivity contribution in [3.63, 3.8) is 0 Å². The van der Waals surface area contributed by atoms with E-state index in [1.165, 1.54) is 17.5 Å². The number of benzene rings is 1. The van der Waals surface area contributed by atoms with E-state index in [1.54, 1.807) is 0 Å². The molecule has 1 aromatic heterocycles. The molecule has 1 aliphatic heterocycles. The quantitative estimate of drug-likeness (QED) is 0.813. The van der Waals surface area contributed by atoms with E-state index in [-0.39, 0.29) is 0 Å². The summed E-state index contributed by atoms with van der Waals surface area (Å²) in [4.78, 5) is 9.47. The zero-order chi connectivity index (χ0) is 18.4. The van der Waals surface area contributed by atoms with Crippen LogP contribution in [0, 0.1) is 18.8 Å². The Kier molecular flexibility index (Phi) is 4.84. The number of halogens is 1. The second-order valence-electron chi connectivity index (χ2n) is 8.15. The molecule has 1 saturated carbocycles. The van der Waals surface area contributed by atoms with Crippen molar-refractivity contribution in [3.05, 3.63) is 35.0 Å². The number of hydrogen-bond acceptors (Lipinski definition) is 4. The topological polar surface area (TPSA) is 28.6 Å². The molecule has 2 aromatic rings. The molecule has 0 spiro atoms. The minimum absolute atomic E-state index is 0.331. The van der Waals surface area contributed by atoms with Gasteiger partial charge in [-0.1, -0.05) is 11.6 Å². The van der Waals surface area contributed by atoms with Crippen LogP contribution in [-0.2, 0) is 4.74 Å². The molecule has 4 atom stereocenters. The van der Waals surface area contributed by atoms with Crippen molar-refractivity contribution in [1.82, 2.24) is 9.88 Å². The van der Waals surface area contributed by atoms with E-state index in [4.69, 9.17) is 16.3 Å². The molecule has 4 rings (SSSR count). The van der Waals surface area contributed by atoms with Crippen LogP contribution in [-0.4, -0.2) is 56.3 Å². The van der Waals surface area contributed by atoms with Crippen LogP contribution >= 0.6 is 11.6 Å². The van der Waals surface area contributed by atoms with Gasteiger partial charge in [-0.25, -0.2) is 0 Å². The fourth-order valence-electron chi connectivity index (χ4n) is 5.03. The van der Waals surface area contributed by atoms with Crippen molar-refractivity contribution >= 4 is 28.2 Å². The predicted molar refractivity (Wildman–Crippen MR) is 108 cm³/mol. The van der Waals surface area contributed by atoms with Crippen molar-refractivity contribution in [1.29, 1.82) is 0 Å². The Hall–Kier alpha value is -1.36. The summed E-state index contributed by atoms with van der Waals surface area (Å²) in [7, 11) is 6.20. The van der Waals surface area contributed by atoms with Crippen LogP contribution in [0.3, 0.4) is 0 Å². The second kappa shape index (κ2) is 6.99. The highest BCUT2D eigenvalue weighted by Gasteiger charge is 2.43. The van der Waals surface area contributed by atoms with Gasteiger partial charge in [0.05, 0.1) is 11.6 Å². The summed E-state index contributed by atoms with van der Waals surface area (Å²) in [6.07, 6.45) is 4.61. The van der Waals surface area contributed by atoms with Gasteiger partial charge < -0.3 is 14.5 Å². The van der Waals surface area contributed by atoms with E-state index in [2.05, 4.69) is 47.9 Å². The summed E-state index contributed by atoms with van der Waals surface area (Å²) < 4.78 is 5.83. The molecule has 0 bridgehead atoms. The smallest absolute Gasteiger partial charge is 0.0752 e. The van der Waals surface area contributed by atoms with Gasteiger partial charge in [0.15, 0.2) is 0 Å². The van der Waals surface area contributed by atoms with Crippen molar-refractivity contribution in [3.8, 4) is 0 Å². The van der Waals surface area contributed by atoms with Crippen LogP contribution in [0.1, 0.15) is 18.4 Å². The predicted octanol–water partition coefficient (Wildman–Crippen LogP) is 3.99. The first kappa shape index (κ1) is 18.0. The maximum Gasteiger partial charge on any atom is 0.0752 e. The fourth-order valence-corrected chi connectivity index (χ4v) is 5.31. The molecular formula is C21H28ClN3O. The van der Waals surface area contributed by atoms with Gasteiger partial charge in [-0.3, -0.25) is 4.98 Å². The van der Waals surface area contributed by atoms with Gasteiger partial charge >= 0.3 is 0 Å². The number of hydrogen-bond donors (Lipinski definition) is 0. The van der Waals surface area contributed by atoms with E-state index >= 15 is 0 Å². The molecule has 2 heterocycles. The number of methoxy groups -OCH3 is 1. The first-order valence-corrected chi connectivity index (χ1v) is 9.84. The molecule has 0 N–H and O–H groups in total. The van der Waals surface area contributed by atoms with E-state index in [0.717, 1.165) is 41.5 Å². The highest BCUT2D eigenvalue weighted by molar-refractivity contribution is 6.31. The Morgan fingerprint density at radius 2 is 1.92 bits per heavy atom. The van der Waals surface area contributed by atoms with Crippen molar-refractivity contribution < 1.29 is 4.74 Å². The number of pyridine rings is 1. The molecule has 4 nitrogen and oxygen atoms in total. The average molecular weight is 374 g/mol. The number of aryl methyl sites for hydroxylation is 1. The third kappa shape index (κ3) is 3.08. The Bertz CT molecular complexity index is 809. The van der Waals surface area contributed by atoms with Crippen LogP contribution in [0.4, 0.5) is 5.69 Å². The van der Waals surface area contributed by atoms with Gasteiger partial charge in [-0.05, 0) is 69.5 Å². The third-order valence-electron chi connectivity index (χ3n) is 6.37. The summed E-state index contributed by atoms with van der Waals surface area (Å²) >= 11 is 6.35. The Morgan fingerprint density at radius 3 is 2.62 bits per heavy atom. The number of nitrogens with zero attached hydrogens (tertiary/aromatic N) is 3. The summed E-state index contributed by atoms with van der Waals surface area (Å²) in [5.74, 6) is 1.41. The van der Waals surface area contributed by atoms with Crippen molar-refractivity contribution in [2.75, 3.05) is 39.2 Å². The van der Waals surface area contributed by atoms with Gasteiger partial charge in [0.1, 0.15) is 0 Å². The standard InChI is InChI=1S/C21H28ClN3O/c1-13-7-16(22)10-17-18(5-6-23-21(13)17)25-11-14-8-19(24(2)3)20(26-4)9-15(14)12-25/h5-7,10,14-15,19-20H,8-9,11-12H2,1-4H3/t14-,15+,19-,20-/m1/s1. The lowest BCUT2D eigenvalue weighted by Crippen LogP contribution is -2.47.